The van der Waals surface area contributed by atoms with Gasteiger partial charge in [0.2, 0.25) is 0 Å². The number of fused-ring (bicyclic) bond motifs is 1. The minimum absolute atomic E-state index is 0.0739. The highest BCUT2D eigenvalue weighted by Crippen LogP contribution is 2.36. The second kappa shape index (κ2) is 6.20. The molecule has 0 saturated heterocycles. The number of nitrogens with one attached hydrogen (secondary N) is 1. The molecule has 0 saturated carbocycles. The number of ether oxygens (including phenoxy) is 1. The molecule has 0 aliphatic heterocycles. The Labute approximate surface area is 128 Å². The van der Waals surface area contributed by atoms with Crippen LogP contribution in [0.25, 0.3) is 0 Å². The number of hydrogen-bond donors (Lipinski definition) is 1. The van der Waals surface area contributed by atoms with Gasteiger partial charge in [0.25, 0.3) is 0 Å². The smallest absolute Gasteiger partial charge is 0.0750 e. The van der Waals surface area contributed by atoms with E-state index in [2.05, 4.69) is 54.7 Å². The summed E-state index contributed by atoms with van der Waals surface area (Å²) in [6.45, 7) is 8.06. The molecule has 0 bridgehead atoms. The van der Waals surface area contributed by atoms with E-state index in [4.69, 9.17) is 4.74 Å². The summed E-state index contributed by atoms with van der Waals surface area (Å²) in [5.41, 5.74) is 1.46. The van der Waals surface area contributed by atoms with E-state index in [1.807, 2.05) is 11.3 Å². The first-order valence-corrected chi connectivity index (χ1v) is 8.57. The Balaban J connectivity index is 1.99. The lowest BCUT2D eigenvalue weighted by Crippen LogP contribution is -2.40. The SMILES string of the molecule is CCOC(C)(C)CNC1CCCc2sc(I)cc21. The van der Waals surface area contributed by atoms with E-state index in [0.29, 0.717) is 6.04 Å². The van der Waals surface area contributed by atoms with Crippen LogP contribution in [0.3, 0.4) is 0 Å². The van der Waals surface area contributed by atoms with Crippen LogP contribution >= 0.6 is 33.9 Å². The molecule has 1 aromatic rings. The lowest BCUT2D eigenvalue weighted by molar-refractivity contribution is -0.0109. The molecule has 1 aliphatic carbocycles. The predicted molar refractivity (Wildman–Crippen MR) is 86.4 cm³/mol. The summed E-state index contributed by atoms with van der Waals surface area (Å²) < 4.78 is 7.16. The molecule has 1 aromatic heterocycles. The maximum Gasteiger partial charge on any atom is 0.0750 e. The van der Waals surface area contributed by atoms with Gasteiger partial charge in [0, 0.05) is 24.1 Å². The first-order chi connectivity index (χ1) is 8.52. The fraction of sp³-hybridized carbons (Fsp3) is 0.714. The largest absolute Gasteiger partial charge is 0.375 e. The highest BCUT2D eigenvalue weighted by Gasteiger charge is 2.25. The van der Waals surface area contributed by atoms with E-state index in [0.717, 1.165) is 13.2 Å². The summed E-state index contributed by atoms with van der Waals surface area (Å²) in [4.78, 5) is 1.58. The molecule has 0 aromatic carbocycles. The van der Waals surface area contributed by atoms with Gasteiger partial charge >= 0.3 is 0 Å². The maximum atomic E-state index is 5.75. The third-order valence-electron chi connectivity index (χ3n) is 3.39. The van der Waals surface area contributed by atoms with Crippen molar-refractivity contribution in [3.8, 4) is 0 Å². The summed E-state index contributed by atoms with van der Waals surface area (Å²) in [5.74, 6) is 0. The van der Waals surface area contributed by atoms with Crippen LogP contribution in [0.1, 0.15) is 50.1 Å². The summed E-state index contributed by atoms with van der Waals surface area (Å²) in [6.07, 6.45) is 3.81. The Morgan fingerprint density at radius 1 is 1.56 bits per heavy atom. The standard InChI is InChI=1S/C14H22INOS/c1-4-17-14(2,3)9-16-11-6-5-7-12-10(11)8-13(15)18-12/h8,11,16H,4-7,9H2,1-3H3. The zero-order valence-electron chi connectivity index (χ0n) is 11.4. The Hall–Kier alpha value is 0.350. The number of rotatable bonds is 5. The van der Waals surface area contributed by atoms with Crippen LogP contribution in [-0.2, 0) is 11.2 Å². The third kappa shape index (κ3) is 3.68. The maximum absolute atomic E-state index is 5.75. The van der Waals surface area contributed by atoms with Gasteiger partial charge in [-0.15, -0.1) is 11.3 Å². The third-order valence-corrected chi connectivity index (χ3v) is 5.36. The van der Waals surface area contributed by atoms with E-state index in [9.17, 15) is 0 Å². The molecule has 102 valence electrons. The fourth-order valence-corrected chi connectivity index (χ4v) is 4.66. The summed E-state index contributed by atoms with van der Waals surface area (Å²) in [5, 5.41) is 3.69. The van der Waals surface area contributed by atoms with Crippen LogP contribution in [-0.4, -0.2) is 18.8 Å². The molecule has 1 atom stereocenters. The van der Waals surface area contributed by atoms with Gasteiger partial charge in [0.1, 0.15) is 0 Å². The lowest BCUT2D eigenvalue weighted by atomic mass is 9.93. The van der Waals surface area contributed by atoms with Crippen molar-refractivity contribution in [2.24, 2.45) is 0 Å². The highest BCUT2D eigenvalue weighted by atomic mass is 127. The van der Waals surface area contributed by atoms with Crippen LogP contribution < -0.4 is 5.32 Å². The summed E-state index contributed by atoms with van der Waals surface area (Å²) in [6, 6.07) is 2.87. The zero-order chi connectivity index (χ0) is 13.2. The minimum atomic E-state index is -0.0739. The Morgan fingerprint density at radius 2 is 2.33 bits per heavy atom. The highest BCUT2D eigenvalue weighted by molar-refractivity contribution is 14.1. The zero-order valence-corrected chi connectivity index (χ0v) is 14.4. The van der Waals surface area contributed by atoms with Crippen molar-refractivity contribution in [2.75, 3.05) is 13.2 Å². The molecule has 0 fully saturated rings. The average molecular weight is 379 g/mol. The first-order valence-electron chi connectivity index (χ1n) is 6.67. The average Bonchev–Trinajstić information content (AvgIpc) is 2.67. The van der Waals surface area contributed by atoms with Crippen molar-refractivity contribution in [3.63, 3.8) is 0 Å². The Kier molecular flexibility index (Phi) is 5.08. The molecular formula is C14H22INOS. The van der Waals surface area contributed by atoms with E-state index >= 15 is 0 Å². The van der Waals surface area contributed by atoms with Crippen molar-refractivity contribution in [2.45, 2.75) is 51.7 Å². The number of thiophene rings is 1. The van der Waals surface area contributed by atoms with Gasteiger partial charge < -0.3 is 10.1 Å². The molecule has 1 aliphatic rings. The minimum Gasteiger partial charge on any atom is -0.375 e. The quantitative estimate of drug-likeness (QED) is 0.777. The number of aryl methyl sites for hydroxylation is 1. The van der Waals surface area contributed by atoms with Crippen LogP contribution in [0.2, 0.25) is 0 Å². The van der Waals surface area contributed by atoms with Crippen LogP contribution in [0.15, 0.2) is 6.07 Å². The van der Waals surface area contributed by atoms with Crippen molar-refractivity contribution < 1.29 is 4.74 Å². The van der Waals surface area contributed by atoms with Gasteiger partial charge in [-0.25, -0.2) is 0 Å². The van der Waals surface area contributed by atoms with Crippen molar-refractivity contribution in [1.29, 1.82) is 0 Å². The molecule has 0 radical (unpaired) electrons. The molecule has 0 amide bonds. The molecule has 1 heterocycles. The molecular weight excluding hydrogens is 357 g/mol. The molecule has 18 heavy (non-hydrogen) atoms. The molecule has 4 heteroatoms. The molecule has 1 N–H and O–H groups in total. The lowest BCUT2D eigenvalue weighted by Gasteiger charge is -2.30. The second-order valence-electron chi connectivity index (χ2n) is 5.45. The second-order valence-corrected chi connectivity index (χ2v) is 8.48. The topological polar surface area (TPSA) is 21.3 Å². The van der Waals surface area contributed by atoms with E-state index in [1.165, 1.54) is 27.7 Å². The van der Waals surface area contributed by atoms with Crippen molar-refractivity contribution in [3.05, 3.63) is 19.4 Å². The fourth-order valence-electron chi connectivity index (χ4n) is 2.54. The van der Waals surface area contributed by atoms with Gasteiger partial charge in [-0.3, -0.25) is 0 Å². The van der Waals surface area contributed by atoms with Crippen LogP contribution in [0, 0.1) is 2.88 Å². The van der Waals surface area contributed by atoms with Crippen molar-refractivity contribution in [1.82, 2.24) is 5.32 Å². The molecule has 1 unspecified atom stereocenters. The predicted octanol–water partition coefficient (Wildman–Crippen LogP) is 4.13. The summed E-state index contributed by atoms with van der Waals surface area (Å²) >= 11 is 4.39. The monoisotopic (exact) mass is 379 g/mol. The van der Waals surface area contributed by atoms with Gasteiger partial charge in [0.15, 0.2) is 0 Å². The number of hydrogen-bond acceptors (Lipinski definition) is 3. The summed E-state index contributed by atoms with van der Waals surface area (Å²) in [7, 11) is 0. The molecule has 2 rings (SSSR count). The van der Waals surface area contributed by atoms with Gasteiger partial charge in [0.05, 0.1) is 8.48 Å². The van der Waals surface area contributed by atoms with Gasteiger partial charge in [-0.1, -0.05) is 0 Å². The molecule has 2 nitrogen and oxygen atoms in total. The molecule has 0 spiro atoms. The Morgan fingerprint density at radius 3 is 3.06 bits per heavy atom. The van der Waals surface area contributed by atoms with Gasteiger partial charge in [-0.2, -0.15) is 0 Å². The van der Waals surface area contributed by atoms with E-state index < -0.39 is 0 Å². The van der Waals surface area contributed by atoms with E-state index in [1.54, 1.807) is 4.88 Å². The number of halogens is 1. The Bertz CT molecular complexity index is 402. The van der Waals surface area contributed by atoms with Crippen molar-refractivity contribution >= 4 is 33.9 Å². The first kappa shape index (κ1) is 14.8. The van der Waals surface area contributed by atoms with Crippen LogP contribution in [0.4, 0.5) is 0 Å². The van der Waals surface area contributed by atoms with Crippen LogP contribution in [0.5, 0.6) is 0 Å². The van der Waals surface area contributed by atoms with E-state index in [-0.39, 0.29) is 5.60 Å². The van der Waals surface area contributed by atoms with Gasteiger partial charge in [-0.05, 0) is 74.3 Å². The normalized spacial score (nSPS) is 19.9.